The van der Waals surface area contributed by atoms with E-state index >= 15 is 0 Å². The van der Waals surface area contributed by atoms with Crippen molar-refractivity contribution >= 4 is 45.1 Å². The number of hydroxylamine groups is 2. The number of amides is 2. The first-order valence-electron chi connectivity index (χ1n) is 16.5. The van der Waals surface area contributed by atoms with Crippen molar-refractivity contribution in [2.24, 2.45) is 16.6 Å². The van der Waals surface area contributed by atoms with E-state index in [2.05, 4.69) is 10.3 Å². The summed E-state index contributed by atoms with van der Waals surface area (Å²) in [5.41, 5.74) is 17.7. The van der Waals surface area contributed by atoms with Crippen LogP contribution in [-0.2, 0) is 37.6 Å². The van der Waals surface area contributed by atoms with Gasteiger partial charge in [-0.15, -0.1) is 0 Å². The number of nitrogen functional groups attached to an aromatic ring is 1. The monoisotopic (exact) mass is 692 g/mol. The van der Waals surface area contributed by atoms with Gasteiger partial charge in [-0.3, -0.25) is 14.4 Å². The molecule has 2 aliphatic heterocycles. The lowest BCUT2D eigenvalue weighted by molar-refractivity contribution is -0.187. The van der Waals surface area contributed by atoms with Crippen LogP contribution in [0.15, 0.2) is 113 Å². The number of aliphatic imine (C=N–C) groups is 1. The lowest BCUT2D eigenvalue weighted by atomic mass is 10.0. The lowest BCUT2D eigenvalue weighted by Crippen LogP contribution is -2.55. The van der Waals surface area contributed by atoms with Crippen molar-refractivity contribution in [1.82, 2.24) is 14.7 Å². The van der Waals surface area contributed by atoms with Crippen molar-refractivity contribution in [3.63, 3.8) is 0 Å². The van der Waals surface area contributed by atoms with Gasteiger partial charge in [0.05, 0.1) is 16.5 Å². The molecular formula is C38H40N6O5S. The predicted octanol–water partition coefficient (Wildman–Crippen LogP) is 5.02. The fraction of sp³-hybridized carbons (Fsp3) is 0.237. The maximum absolute atomic E-state index is 13.6. The Labute approximate surface area is 292 Å². The van der Waals surface area contributed by atoms with Crippen molar-refractivity contribution in [1.29, 1.82) is 0 Å². The van der Waals surface area contributed by atoms with Crippen molar-refractivity contribution in [2.75, 3.05) is 25.4 Å². The summed E-state index contributed by atoms with van der Waals surface area (Å²) in [6.07, 6.45) is 2.61. The number of hydrogen-bond donors (Lipinski definition) is 3. The summed E-state index contributed by atoms with van der Waals surface area (Å²) >= 11 is 0. The number of hydrogen-bond acceptors (Lipinski definition) is 8. The third kappa shape index (κ3) is 7.94. The minimum absolute atomic E-state index is 0.121. The molecule has 50 heavy (non-hydrogen) atoms. The van der Waals surface area contributed by atoms with Crippen LogP contribution >= 0.6 is 0 Å². The maximum atomic E-state index is 13.6. The highest BCUT2D eigenvalue weighted by molar-refractivity contribution is 7.89. The summed E-state index contributed by atoms with van der Waals surface area (Å²) in [6.45, 7) is 3.21. The molecule has 6 rings (SSSR count). The molecule has 0 saturated carbocycles. The molecule has 11 nitrogen and oxygen atoms in total. The molecule has 2 heterocycles. The predicted molar refractivity (Wildman–Crippen MR) is 194 cm³/mol. The Balaban J connectivity index is 1.14. The Morgan fingerprint density at radius 2 is 1.66 bits per heavy atom. The third-order valence-corrected chi connectivity index (χ3v) is 10.5. The molecule has 4 aromatic rings. The fourth-order valence-electron chi connectivity index (χ4n) is 5.78. The van der Waals surface area contributed by atoms with Gasteiger partial charge in [0.25, 0.3) is 5.91 Å². The molecule has 258 valence electrons. The molecule has 2 aliphatic rings. The molecule has 0 atom stereocenters. The number of nitrogens with one attached hydrogen (secondary N) is 1. The average molecular weight is 693 g/mol. The van der Waals surface area contributed by atoms with E-state index in [0.717, 1.165) is 16.7 Å². The largest absolute Gasteiger partial charge is 0.399 e. The highest BCUT2D eigenvalue weighted by Crippen LogP contribution is 2.34. The number of sulfonamides is 1. The zero-order valence-electron chi connectivity index (χ0n) is 27.8. The van der Waals surface area contributed by atoms with Gasteiger partial charge in [0.1, 0.15) is 12.4 Å². The summed E-state index contributed by atoms with van der Waals surface area (Å²) in [7, 11) is -3.82. The SMILES string of the molecule is CCCN(OCc1ccc(N)cc1)C(=O)C1=Cc2ccc(-c3cccc(S(=O)(=O)N4CC(C(=O)NCc5ccccc5)C4)c3)cc2N=C(N)C1. The molecule has 0 radical (unpaired) electrons. The number of anilines is 1. The van der Waals surface area contributed by atoms with Crippen LogP contribution < -0.4 is 16.8 Å². The van der Waals surface area contributed by atoms with Gasteiger partial charge in [0, 0.05) is 49.4 Å². The van der Waals surface area contributed by atoms with E-state index in [1.54, 1.807) is 36.4 Å². The first-order chi connectivity index (χ1) is 24.1. The second-order valence-electron chi connectivity index (χ2n) is 12.4. The number of rotatable bonds is 12. The van der Waals surface area contributed by atoms with Crippen LogP contribution in [0.3, 0.4) is 0 Å². The number of amidine groups is 1. The Morgan fingerprint density at radius 1 is 0.920 bits per heavy atom. The van der Waals surface area contributed by atoms with E-state index in [0.29, 0.717) is 47.6 Å². The number of carbonyl (C=O) groups excluding carboxylic acids is 2. The van der Waals surface area contributed by atoms with Crippen LogP contribution in [0.2, 0.25) is 0 Å². The molecule has 12 heteroatoms. The molecule has 0 bridgehead atoms. The minimum Gasteiger partial charge on any atom is -0.399 e. The molecule has 0 aliphatic carbocycles. The van der Waals surface area contributed by atoms with Gasteiger partial charge in [-0.2, -0.15) is 4.31 Å². The van der Waals surface area contributed by atoms with Gasteiger partial charge in [-0.25, -0.2) is 18.5 Å². The minimum atomic E-state index is -3.82. The molecule has 5 N–H and O–H groups in total. The molecule has 0 spiro atoms. The summed E-state index contributed by atoms with van der Waals surface area (Å²) in [4.78, 5) is 36.9. The highest BCUT2D eigenvalue weighted by atomic mass is 32.2. The second-order valence-corrected chi connectivity index (χ2v) is 14.3. The number of nitrogens with zero attached hydrogens (tertiary/aromatic N) is 3. The number of carbonyl (C=O) groups is 2. The molecule has 1 fully saturated rings. The first-order valence-corrected chi connectivity index (χ1v) is 17.9. The third-order valence-electron chi connectivity index (χ3n) is 8.62. The summed E-state index contributed by atoms with van der Waals surface area (Å²) in [6, 6.07) is 29.1. The normalized spacial score (nSPS) is 14.8. The number of fused-ring (bicyclic) bond motifs is 1. The van der Waals surface area contributed by atoms with Gasteiger partial charge in [0.2, 0.25) is 15.9 Å². The van der Waals surface area contributed by atoms with E-state index in [9.17, 15) is 18.0 Å². The standard InChI is InChI=1S/C38H40N6O5S/c1-2-17-44(49-25-27-11-15-33(39)16-12-27)38(46)31-18-30-14-13-29(20-35(30)42-36(40)21-31)28-9-6-10-34(19-28)50(47,48)43-23-32(24-43)37(45)41-22-26-7-4-3-5-8-26/h3-16,18-20,32H,2,17,21-25,39H2,1H3,(H2,40,42)(H,41,45). The molecule has 2 amide bonds. The summed E-state index contributed by atoms with van der Waals surface area (Å²) in [5.74, 6) is -0.593. The smallest absolute Gasteiger partial charge is 0.273 e. The molecule has 4 aromatic carbocycles. The van der Waals surface area contributed by atoms with Gasteiger partial charge >= 0.3 is 0 Å². The zero-order valence-corrected chi connectivity index (χ0v) is 28.6. The van der Waals surface area contributed by atoms with Crippen molar-refractivity contribution in [2.45, 2.75) is 37.8 Å². The van der Waals surface area contributed by atoms with Crippen molar-refractivity contribution in [3.05, 3.63) is 119 Å². The molecular weight excluding hydrogens is 653 g/mol. The van der Waals surface area contributed by atoms with Crippen LogP contribution in [0.5, 0.6) is 0 Å². The van der Waals surface area contributed by atoms with E-state index in [1.165, 1.54) is 9.37 Å². The van der Waals surface area contributed by atoms with Crippen LogP contribution in [0, 0.1) is 5.92 Å². The van der Waals surface area contributed by atoms with E-state index in [4.69, 9.17) is 16.3 Å². The van der Waals surface area contributed by atoms with Crippen LogP contribution in [0.4, 0.5) is 11.4 Å². The average Bonchev–Trinajstić information content (AvgIpc) is 3.26. The van der Waals surface area contributed by atoms with Gasteiger partial charge in [-0.1, -0.05) is 73.7 Å². The van der Waals surface area contributed by atoms with Gasteiger partial charge in [0.15, 0.2) is 0 Å². The van der Waals surface area contributed by atoms with E-state index in [1.807, 2.05) is 73.7 Å². The van der Waals surface area contributed by atoms with Crippen molar-refractivity contribution in [3.8, 4) is 11.1 Å². The lowest BCUT2D eigenvalue weighted by Gasteiger charge is -2.37. The topological polar surface area (TPSA) is 160 Å². The van der Waals surface area contributed by atoms with Crippen LogP contribution in [0.25, 0.3) is 17.2 Å². The van der Waals surface area contributed by atoms with Crippen molar-refractivity contribution < 1.29 is 22.8 Å². The van der Waals surface area contributed by atoms with Gasteiger partial charge in [-0.05, 0) is 65.1 Å². The molecule has 0 aromatic heterocycles. The summed E-state index contributed by atoms with van der Waals surface area (Å²) in [5, 5.41) is 4.25. The Morgan fingerprint density at radius 3 is 2.40 bits per heavy atom. The zero-order chi connectivity index (χ0) is 35.3. The first kappa shape index (κ1) is 34.6. The van der Waals surface area contributed by atoms with E-state index < -0.39 is 15.9 Å². The Kier molecular flexibility index (Phi) is 10.4. The quantitative estimate of drug-likeness (QED) is 0.139. The van der Waals surface area contributed by atoms with E-state index in [-0.39, 0.29) is 48.7 Å². The highest BCUT2D eigenvalue weighted by Gasteiger charge is 2.40. The number of nitrogens with two attached hydrogens (primary N) is 2. The maximum Gasteiger partial charge on any atom is 0.273 e. The second kappa shape index (κ2) is 15.1. The Bertz CT molecular complexity index is 2040. The molecule has 0 unspecified atom stereocenters. The van der Waals surface area contributed by atoms with Gasteiger partial charge < -0.3 is 16.8 Å². The Hall–Kier alpha value is -5.30. The van der Waals surface area contributed by atoms with Crippen LogP contribution in [0.1, 0.15) is 36.5 Å². The molecule has 1 saturated heterocycles. The van der Waals surface area contributed by atoms with Crippen LogP contribution in [-0.4, -0.2) is 55.1 Å². The fourth-order valence-corrected chi connectivity index (χ4v) is 7.35. The summed E-state index contributed by atoms with van der Waals surface area (Å²) < 4.78 is 28.3. The number of benzene rings is 4.